The molecule has 0 aliphatic rings. The molecule has 0 spiro atoms. The SMILES string of the molecule is O=C(O)CN(CCN(CC(=O)O)C(N=C=S)C(=O)O)CC(=O)O. The van der Waals surface area contributed by atoms with E-state index in [4.69, 9.17) is 20.4 Å². The van der Waals surface area contributed by atoms with E-state index in [1.165, 1.54) is 0 Å². The number of hydrogen-bond donors (Lipinski definition) is 4. The van der Waals surface area contributed by atoms with E-state index in [-0.39, 0.29) is 13.1 Å². The summed E-state index contributed by atoms with van der Waals surface area (Å²) in [5.74, 6) is -5.35. The minimum atomic E-state index is -1.61. The second kappa shape index (κ2) is 10.3. The van der Waals surface area contributed by atoms with Crippen molar-refractivity contribution in [1.29, 1.82) is 0 Å². The second-order valence-electron chi connectivity index (χ2n) is 4.29. The Morgan fingerprint density at radius 2 is 1.39 bits per heavy atom. The highest BCUT2D eigenvalue weighted by molar-refractivity contribution is 7.78. The molecule has 4 N–H and O–H groups in total. The highest BCUT2D eigenvalue weighted by Gasteiger charge is 2.27. The summed E-state index contributed by atoms with van der Waals surface area (Å²) in [6, 6.07) is 0. The van der Waals surface area contributed by atoms with Crippen molar-refractivity contribution in [3.8, 4) is 0 Å². The fraction of sp³-hybridized carbons (Fsp3) is 0.545. The van der Waals surface area contributed by atoms with Crippen LogP contribution in [0.2, 0.25) is 0 Å². The summed E-state index contributed by atoms with van der Waals surface area (Å²) in [6.07, 6.45) is -1.61. The van der Waals surface area contributed by atoms with Crippen molar-refractivity contribution < 1.29 is 39.6 Å². The molecule has 0 amide bonds. The Morgan fingerprint density at radius 1 is 0.913 bits per heavy atom. The van der Waals surface area contributed by atoms with Gasteiger partial charge in [0.25, 0.3) is 0 Å². The van der Waals surface area contributed by atoms with Crippen LogP contribution in [0.4, 0.5) is 0 Å². The molecule has 12 heteroatoms. The van der Waals surface area contributed by atoms with Gasteiger partial charge < -0.3 is 20.4 Å². The van der Waals surface area contributed by atoms with E-state index in [9.17, 15) is 19.2 Å². The lowest BCUT2D eigenvalue weighted by Gasteiger charge is -2.26. The van der Waals surface area contributed by atoms with E-state index in [1.54, 1.807) is 0 Å². The molecule has 0 rings (SSSR count). The number of rotatable bonds is 12. The zero-order valence-corrected chi connectivity index (χ0v) is 12.6. The molecule has 0 saturated carbocycles. The first-order valence-corrected chi connectivity index (χ1v) is 6.49. The van der Waals surface area contributed by atoms with Crippen LogP contribution in [0, 0.1) is 0 Å². The Hall–Kier alpha value is -2.40. The molecule has 0 aliphatic heterocycles. The molecule has 1 unspecified atom stereocenters. The summed E-state index contributed by atoms with van der Waals surface area (Å²) in [6.45, 7) is -2.33. The fourth-order valence-electron chi connectivity index (χ4n) is 1.67. The average molecular weight is 349 g/mol. The summed E-state index contributed by atoms with van der Waals surface area (Å²) in [5, 5.41) is 37.1. The minimum Gasteiger partial charge on any atom is -0.480 e. The molecule has 0 bridgehead atoms. The quantitative estimate of drug-likeness (QED) is 0.235. The maximum absolute atomic E-state index is 11.1. The number of thiocarbonyl (C=S) groups is 1. The summed E-state index contributed by atoms with van der Waals surface area (Å²) in [7, 11) is 0. The molecule has 0 heterocycles. The van der Waals surface area contributed by atoms with Gasteiger partial charge in [0, 0.05) is 13.1 Å². The second-order valence-corrected chi connectivity index (χ2v) is 4.48. The van der Waals surface area contributed by atoms with E-state index in [0.717, 1.165) is 9.80 Å². The summed E-state index contributed by atoms with van der Waals surface area (Å²) >= 11 is 4.31. The Labute approximate surface area is 135 Å². The van der Waals surface area contributed by atoms with Crippen molar-refractivity contribution in [2.24, 2.45) is 4.99 Å². The van der Waals surface area contributed by atoms with Crippen LogP contribution >= 0.6 is 12.2 Å². The summed E-state index contributed by atoms with van der Waals surface area (Å²) < 4.78 is 0. The molecule has 11 nitrogen and oxygen atoms in total. The van der Waals surface area contributed by atoms with Gasteiger partial charge in [0.05, 0.1) is 24.8 Å². The van der Waals surface area contributed by atoms with E-state index in [0.29, 0.717) is 0 Å². The Kier molecular flexibility index (Phi) is 9.27. The van der Waals surface area contributed by atoms with E-state index >= 15 is 0 Å². The predicted molar refractivity (Wildman–Crippen MR) is 77.4 cm³/mol. The van der Waals surface area contributed by atoms with E-state index in [2.05, 4.69) is 17.2 Å². The first-order valence-electron chi connectivity index (χ1n) is 6.09. The van der Waals surface area contributed by atoms with Gasteiger partial charge in [-0.25, -0.2) is 9.79 Å². The van der Waals surface area contributed by atoms with Gasteiger partial charge >= 0.3 is 23.9 Å². The normalized spacial score (nSPS) is 11.7. The smallest absolute Gasteiger partial charge is 0.344 e. The third-order valence-electron chi connectivity index (χ3n) is 2.50. The topological polar surface area (TPSA) is 168 Å². The Morgan fingerprint density at radius 3 is 1.74 bits per heavy atom. The van der Waals surface area contributed by atoms with Gasteiger partial charge in [0.2, 0.25) is 6.17 Å². The van der Waals surface area contributed by atoms with Crippen LogP contribution in [-0.2, 0) is 19.2 Å². The van der Waals surface area contributed by atoms with Crippen LogP contribution in [-0.4, -0.2) is 98.2 Å². The molecule has 0 aromatic heterocycles. The number of carboxylic acid groups (broad SMARTS) is 4. The number of isothiocyanates is 1. The molecule has 0 aromatic rings. The highest BCUT2D eigenvalue weighted by Crippen LogP contribution is 2.03. The minimum absolute atomic E-state index is 0.192. The lowest BCUT2D eigenvalue weighted by Crippen LogP contribution is -2.47. The molecule has 0 aliphatic carbocycles. The van der Waals surface area contributed by atoms with Gasteiger partial charge in [0.15, 0.2) is 0 Å². The van der Waals surface area contributed by atoms with Gasteiger partial charge in [0.1, 0.15) is 0 Å². The monoisotopic (exact) mass is 349 g/mol. The van der Waals surface area contributed by atoms with Crippen LogP contribution in [0.15, 0.2) is 4.99 Å². The molecule has 128 valence electrons. The Bertz CT molecular complexity index is 501. The molecule has 0 saturated heterocycles. The number of aliphatic imine (C=N–C) groups is 1. The van der Waals surface area contributed by atoms with Crippen LogP contribution in [0.5, 0.6) is 0 Å². The fourth-order valence-corrected chi connectivity index (χ4v) is 1.77. The first-order chi connectivity index (χ1) is 10.7. The zero-order chi connectivity index (χ0) is 18.0. The average Bonchev–Trinajstić information content (AvgIpc) is 2.38. The molecule has 0 fully saturated rings. The number of nitrogens with zero attached hydrogens (tertiary/aromatic N) is 3. The molecule has 0 aromatic carbocycles. The van der Waals surface area contributed by atoms with Crippen LogP contribution in [0.3, 0.4) is 0 Å². The number of aliphatic carboxylic acids is 4. The number of carboxylic acids is 4. The van der Waals surface area contributed by atoms with Gasteiger partial charge in [-0.1, -0.05) is 0 Å². The standard InChI is InChI=1S/C11H15N3O8S/c15-7(16)3-13(4-8(17)18)1-2-14(5-9(19)20)10(11(21)22)12-6-23/h10H,1-5H2,(H,15,16)(H,17,18)(H,19,20)(H,21,22). The predicted octanol–water partition coefficient (Wildman–Crippen LogP) is -1.64. The van der Waals surface area contributed by atoms with Gasteiger partial charge in [-0.15, -0.1) is 0 Å². The van der Waals surface area contributed by atoms with Gasteiger partial charge in [-0.3, -0.25) is 24.2 Å². The molecular formula is C11H15N3O8S. The van der Waals surface area contributed by atoms with Crippen LogP contribution < -0.4 is 0 Å². The van der Waals surface area contributed by atoms with Crippen molar-refractivity contribution in [3.63, 3.8) is 0 Å². The first kappa shape index (κ1) is 20.6. The number of carbonyl (C=O) groups is 4. The molecule has 23 heavy (non-hydrogen) atoms. The highest BCUT2D eigenvalue weighted by atomic mass is 32.1. The largest absolute Gasteiger partial charge is 0.480 e. The van der Waals surface area contributed by atoms with Crippen molar-refractivity contribution in [2.75, 3.05) is 32.7 Å². The van der Waals surface area contributed by atoms with Crippen molar-refractivity contribution in [1.82, 2.24) is 9.80 Å². The molecular weight excluding hydrogens is 334 g/mol. The van der Waals surface area contributed by atoms with E-state index in [1.807, 2.05) is 5.16 Å². The van der Waals surface area contributed by atoms with Crippen LogP contribution in [0.1, 0.15) is 0 Å². The third-order valence-corrected chi connectivity index (χ3v) is 2.61. The Balaban J connectivity index is 5.07. The van der Waals surface area contributed by atoms with Crippen LogP contribution in [0.25, 0.3) is 0 Å². The maximum Gasteiger partial charge on any atom is 0.344 e. The summed E-state index contributed by atoms with van der Waals surface area (Å²) in [4.78, 5) is 48.5. The third kappa shape index (κ3) is 9.26. The van der Waals surface area contributed by atoms with Crippen molar-refractivity contribution in [2.45, 2.75) is 6.17 Å². The maximum atomic E-state index is 11.1. The lowest BCUT2D eigenvalue weighted by atomic mass is 10.3. The lowest BCUT2D eigenvalue weighted by molar-refractivity contribution is -0.148. The summed E-state index contributed by atoms with van der Waals surface area (Å²) in [5.41, 5.74) is 0. The van der Waals surface area contributed by atoms with Crippen molar-refractivity contribution in [3.05, 3.63) is 0 Å². The molecule has 1 atom stereocenters. The molecule has 0 radical (unpaired) electrons. The van der Waals surface area contributed by atoms with E-state index < -0.39 is 49.7 Å². The van der Waals surface area contributed by atoms with Crippen molar-refractivity contribution >= 4 is 41.3 Å². The van der Waals surface area contributed by atoms with Gasteiger partial charge in [-0.05, 0) is 12.2 Å². The number of hydrogen-bond acceptors (Lipinski definition) is 8. The zero-order valence-electron chi connectivity index (χ0n) is 11.8. The van der Waals surface area contributed by atoms with Gasteiger partial charge in [-0.2, -0.15) is 0 Å².